The first kappa shape index (κ1) is 25.0. The molecular weight excluding hydrogens is 563 g/mol. The molecule has 1 aliphatic rings. The van der Waals surface area contributed by atoms with Crippen molar-refractivity contribution in [2.45, 2.75) is 13.1 Å². The molecule has 45 heavy (non-hydrogen) atoms. The number of para-hydroxylation sites is 2. The minimum atomic E-state index is -1.74. The summed E-state index contributed by atoms with van der Waals surface area (Å²) in [5.74, 6) is 0. The Hall–Kier alpha value is -5.38. The quantitative estimate of drug-likeness (QED) is 0.183. The topological polar surface area (TPSA) is 18.1 Å². The van der Waals surface area contributed by atoms with Crippen molar-refractivity contribution in [3.8, 4) is 27.9 Å². The van der Waals surface area contributed by atoms with Crippen LogP contribution in [0.25, 0.3) is 82.5 Å². The van der Waals surface area contributed by atoms with E-state index in [1.54, 1.807) is 10.4 Å². The highest BCUT2D eigenvalue weighted by Crippen LogP contribution is 2.39. The van der Waals surface area contributed by atoms with Gasteiger partial charge in [-0.25, -0.2) is 0 Å². The number of aromatic nitrogens is 1. The fourth-order valence-corrected chi connectivity index (χ4v) is 11.1. The van der Waals surface area contributed by atoms with Gasteiger partial charge >= 0.3 is 0 Å². The van der Waals surface area contributed by atoms with E-state index in [1.807, 2.05) is 12.1 Å². The van der Waals surface area contributed by atoms with Crippen LogP contribution in [0.15, 0.2) is 144 Å². The van der Waals surface area contributed by atoms with E-state index in [0.29, 0.717) is 0 Å². The van der Waals surface area contributed by atoms with Crippen LogP contribution in [0.2, 0.25) is 13.1 Å². The van der Waals surface area contributed by atoms with Gasteiger partial charge in [-0.1, -0.05) is 104 Å². The van der Waals surface area contributed by atoms with Crippen LogP contribution in [-0.4, -0.2) is 12.6 Å². The monoisotopic (exact) mass is 591 g/mol. The van der Waals surface area contributed by atoms with E-state index in [2.05, 4.69) is 145 Å². The lowest BCUT2D eigenvalue weighted by Crippen LogP contribution is -2.49. The lowest BCUT2D eigenvalue weighted by Gasteiger charge is -2.19. The molecule has 2 nitrogen and oxygen atoms in total. The SMILES string of the molecule is C[Si]1(C)c2ccccc2-c2ccc(-c3ccc4c(c3)c3ccccc3n4-c3ccc4c(ccc5c6ccccc6oc45)c3)cc21. The molecule has 0 amide bonds. The third-order valence-corrected chi connectivity index (χ3v) is 13.7. The summed E-state index contributed by atoms with van der Waals surface area (Å²) in [6.07, 6.45) is 0. The molecule has 3 heteroatoms. The van der Waals surface area contributed by atoms with Crippen molar-refractivity contribution >= 4 is 73.0 Å². The largest absolute Gasteiger partial charge is 0.455 e. The molecule has 3 heterocycles. The predicted molar refractivity (Wildman–Crippen MR) is 193 cm³/mol. The standard InChI is InChI=1S/C42H29NOSi/c1-45(2)40-14-8-5-11-33(40)34-19-15-27(25-41(34)45)26-17-22-38-36(24-26)31-9-3-6-12-37(31)43(38)29-18-21-30-28(23-29)16-20-35-32-10-4-7-13-39(32)44-42(30)35/h3-25H,1-2H3. The number of furan rings is 1. The Morgan fingerprint density at radius 1 is 0.489 bits per heavy atom. The summed E-state index contributed by atoms with van der Waals surface area (Å²) in [6.45, 7) is 4.97. The maximum Gasteiger partial charge on any atom is 0.143 e. The van der Waals surface area contributed by atoms with Crippen molar-refractivity contribution in [2.75, 3.05) is 0 Å². The molecule has 0 spiro atoms. The zero-order chi connectivity index (χ0) is 29.9. The van der Waals surface area contributed by atoms with Gasteiger partial charge < -0.3 is 8.98 Å². The fourth-order valence-electron chi connectivity index (χ4n) is 7.95. The fraction of sp³-hybridized carbons (Fsp3) is 0.0476. The molecule has 0 fully saturated rings. The molecule has 0 saturated carbocycles. The van der Waals surface area contributed by atoms with Crippen molar-refractivity contribution in [3.63, 3.8) is 0 Å². The number of rotatable bonds is 2. The highest BCUT2D eigenvalue weighted by atomic mass is 28.3. The van der Waals surface area contributed by atoms with Crippen molar-refractivity contribution in [1.29, 1.82) is 0 Å². The minimum Gasteiger partial charge on any atom is -0.455 e. The number of nitrogens with zero attached hydrogens (tertiary/aromatic N) is 1. The van der Waals surface area contributed by atoms with E-state index in [4.69, 9.17) is 4.42 Å². The summed E-state index contributed by atoms with van der Waals surface area (Å²) in [4.78, 5) is 0. The van der Waals surface area contributed by atoms with Crippen LogP contribution in [0.4, 0.5) is 0 Å². The van der Waals surface area contributed by atoms with E-state index in [0.717, 1.165) is 33.0 Å². The maximum atomic E-state index is 6.35. The lowest BCUT2D eigenvalue weighted by atomic mass is 9.99. The van der Waals surface area contributed by atoms with Gasteiger partial charge in [-0.15, -0.1) is 0 Å². The molecular formula is C42H29NOSi. The Labute approximate surface area is 261 Å². The van der Waals surface area contributed by atoms with Crippen molar-refractivity contribution in [2.24, 2.45) is 0 Å². The Kier molecular flexibility index (Phi) is 4.91. The van der Waals surface area contributed by atoms with Gasteiger partial charge in [0.25, 0.3) is 0 Å². The highest BCUT2D eigenvalue weighted by Gasteiger charge is 2.37. The van der Waals surface area contributed by atoms with Gasteiger partial charge in [0.05, 0.1) is 11.0 Å². The molecule has 0 saturated heterocycles. The van der Waals surface area contributed by atoms with E-state index < -0.39 is 8.07 Å². The molecule has 0 bridgehead atoms. The summed E-state index contributed by atoms with van der Waals surface area (Å²) < 4.78 is 8.76. The first-order valence-electron chi connectivity index (χ1n) is 15.7. The first-order valence-corrected chi connectivity index (χ1v) is 18.7. The van der Waals surface area contributed by atoms with Crippen LogP contribution in [0.5, 0.6) is 0 Å². The average Bonchev–Trinajstić information content (AvgIpc) is 3.70. The second-order valence-corrected chi connectivity index (χ2v) is 17.3. The first-order chi connectivity index (χ1) is 22.1. The van der Waals surface area contributed by atoms with Crippen LogP contribution in [0.1, 0.15) is 0 Å². The van der Waals surface area contributed by atoms with Crippen LogP contribution in [-0.2, 0) is 0 Å². The number of benzene rings is 7. The minimum absolute atomic E-state index is 0.932. The Bertz CT molecular complexity index is 2690. The van der Waals surface area contributed by atoms with Crippen molar-refractivity contribution < 1.29 is 4.42 Å². The van der Waals surface area contributed by atoms with Crippen molar-refractivity contribution in [1.82, 2.24) is 4.57 Å². The van der Waals surface area contributed by atoms with Gasteiger partial charge in [0, 0.05) is 32.6 Å². The number of hydrogen-bond acceptors (Lipinski definition) is 1. The number of fused-ring (bicyclic) bond motifs is 11. The molecule has 0 aliphatic carbocycles. The van der Waals surface area contributed by atoms with Gasteiger partial charge in [-0.2, -0.15) is 0 Å². The van der Waals surface area contributed by atoms with Crippen LogP contribution in [0.3, 0.4) is 0 Å². The Balaban J connectivity index is 1.14. The van der Waals surface area contributed by atoms with Gasteiger partial charge in [0.2, 0.25) is 0 Å². The zero-order valence-electron chi connectivity index (χ0n) is 25.1. The molecule has 0 radical (unpaired) electrons. The van der Waals surface area contributed by atoms with Crippen molar-refractivity contribution in [3.05, 3.63) is 140 Å². The number of hydrogen-bond donors (Lipinski definition) is 0. The smallest absolute Gasteiger partial charge is 0.143 e. The summed E-state index contributed by atoms with van der Waals surface area (Å²) in [5, 5.41) is 10.3. The summed E-state index contributed by atoms with van der Waals surface area (Å²) in [7, 11) is -1.74. The maximum absolute atomic E-state index is 6.35. The Morgan fingerprint density at radius 2 is 1.20 bits per heavy atom. The summed E-state index contributed by atoms with van der Waals surface area (Å²) in [6, 6.07) is 51.4. The second kappa shape index (κ2) is 8.84. The van der Waals surface area contributed by atoms with Gasteiger partial charge in [0.1, 0.15) is 19.2 Å². The van der Waals surface area contributed by atoms with Crippen LogP contribution < -0.4 is 10.4 Å². The zero-order valence-corrected chi connectivity index (χ0v) is 26.1. The third-order valence-electron chi connectivity index (χ3n) is 10.2. The molecule has 2 aromatic heterocycles. The third kappa shape index (κ3) is 3.39. The summed E-state index contributed by atoms with van der Waals surface area (Å²) >= 11 is 0. The van der Waals surface area contributed by atoms with E-state index >= 15 is 0 Å². The molecule has 0 unspecified atom stereocenters. The summed E-state index contributed by atoms with van der Waals surface area (Å²) in [5.41, 5.74) is 10.9. The average molecular weight is 592 g/mol. The molecule has 0 N–H and O–H groups in total. The molecule has 9 aromatic rings. The second-order valence-electron chi connectivity index (χ2n) is 13.0. The predicted octanol–water partition coefficient (Wildman–Crippen LogP) is 10.3. The van der Waals surface area contributed by atoms with Crippen LogP contribution >= 0.6 is 0 Å². The van der Waals surface area contributed by atoms with Gasteiger partial charge in [-0.3, -0.25) is 0 Å². The van der Waals surface area contributed by atoms with E-state index in [1.165, 1.54) is 49.4 Å². The highest BCUT2D eigenvalue weighted by molar-refractivity contribution is 7.03. The van der Waals surface area contributed by atoms with Crippen LogP contribution in [0, 0.1) is 0 Å². The lowest BCUT2D eigenvalue weighted by molar-refractivity contribution is 0.672. The Morgan fingerprint density at radius 3 is 2.13 bits per heavy atom. The van der Waals surface area contributed by atoms with E-state index in [9.17, 15) is 0 Å². The molecule has 0 atom stereocenters. The normalized spacial score (nSPS) is 13.7. The molecule has 212 valence electrons. The van der Waals surface area contributed by atoms with Gasteiger partial charge in [0.15, 0.2) is 0 Å². The molecule has 10 rings (SSSR count). The molecule has 7 aromatic carbocycles. The van der Waals surface area contributed by atoms with Gasteiger partial charge in [-0.05, 0) is 86.5 Å². The van der Waals surface area contributed by atoms with E-state index in [-0.39, 0.29) is 0 Å². The molecule has 1 aliphatic heterocycles.